The molecule has 0 radical (unpaired) electrons. The number of halogens is 2. The molecule has 1 aromatic heterocycles. The Labute approximate surface area is 121 Å². The van der Waals surface area contributed by atoms with Crippen LogP contribution >= 0.6 is 11.6 Å². The van der Waals surface area contributed by atoms with Crippen molar-refractivity contribution in [3.63, 3.8) is 0 Å². The third kappa shape index (κ3) is 4.18. The molecule has 0 fully saturated rings. The number of anilines is 2. The first-order chi connectivity index (χ1) is 9.54. The van der Waals surface area contributed by atoms with Gasteiger partial charge < -0.3 is 15.1 Å². The van der Waals surface area contributed by atoms with Gasteiger partial charge in [0.2, 0.25) is 5.89 Å². The molecule has 0 bridgehead atoms. The molecule has 2 N–H and O–H groups in total. The minimum atomic E-state index is -0.477. The minimum absolute atomic E-state index is 0.146. The maximum Gasteiger partial charge on any atom is 0.320 e. The summed E-state index contributed by atoms with van der Waals surface area (Å²) in [6.07, 6.45) is 0. The van der Waals surface area contributed by atoms with Crippen molar-refractivity contribution in [1.29, 1.82) is 0 Å². The highest BCUT2D eigenvalue weighted by molar-refractivity contribution is 6.30. The molecule has 7 heteroatoms. The Morgan fingerprint density at radius 3 is 2.85 bits per heavy atom. The summed E-state index contributed by atoms with van der Waals surface area (Å²) >= 11 is 5.68. The van der Waals surface area contributed by atoms with E-state index >= 15 is 0 Å². The van der Waals surface area contributed by atoms with Crippen molar-refractivity contribution in [3.05, 3.63) is 34.9 Å². The van der Waals surface area contributed by atoms with E-state index in [0.29, 0.717) is 23.4 Å². The maximum atomic E-state index is 13.6. The van der Waals surface area contributed by atoms with Crippen LogP contribution in [0.3, 0.4) is 0 Å². The van der Waals surface area contributed by atoms with Crippen molar-refractivity contribution in [3.8, 4) is 0 Å². The third-order valence-corrected chi connectivity index (χ3v) is 2.70. The Hall–Kier alpha value is -1.66. The molecule has 0 atom stereocenters. The van der Waals surface area contributed by atoms with Gasteiger partial charge in [0.05, 0.1) is 12.2 Å². The summed E-state index contributed by atoms with van der Waals surface area (Å²) in [5.74, 6) is 0.511. The quantitative estimate of drug-likeness (QED) is 0.856. The Kier molecular flexibility index (Phi) is 4.92. The molecular formula is C13H16ClFN4O. The van der Waals surface area contributed by atoms with E-state index in [-0.39, 0.29) is 11.7 Å². The van der Waals surface area contributed by atoms with E-state index in [9.17, 15) is 4.39 Å². The fraction of sp³-hybridized carbons (Fsp3) is 0.385. The molecule has 0 aliphatic carbocycles. The minimum Gasteiger partial charge on any atom is -0.406 e. The van der Waals surface area contributed by atoms with Crippen molar-refractivity contribution in [2.24, 2.45) is 5.92 Å². The van der Waals surface area contributed by atoms with Gasteiger partial charge in [-0.2, -0.15) is 0 Å². The average molecular weight is 299 g/mol. The van der Waals surface area contributed by atoms with Gasteiger partial charge in [-0.05, 0) is 30.7 Å². The highest BCUT2D eigenvalue weighted by atomic mass is 35.5. The van der Waals surface area contributed by atoms with Crippen molar-refractivity contribution >= 4 is 23.3 Å². The van der Waals surface area contributed by atoms with E-state index in [1.54, 1.807) is 6.07 Å². The summed E-state index contributed by atoms with van der Waals surface area (Å²) < 4.78 is 18.9. The average Bonchev–Trinajstić information content (AvgIpc) is 2.80. The first-order valence-corrected chi connectivity index (χ1v) is 6.67. The summed E-state index contributed by atoms with van der Waals surface area (Å²) in [5.41, 5.74) is 0.236. The summed E-state index contributed by atoms with van der Waals surface area (Å²) in [6.45, 7) is 5.56. The molecule has 0 saturated carbocycles. The SMILES string of the molecule is CC(C)CNCc1nnc(Nc2ccc(Cl)cc2F)o1. The normalized spacial score (nSPS) is 11.1. The molecule has 2 rings (SSSR count). The van der Waals surface area contributed by atoms with Crippen LogP contribution in [0.2, 0.25) is 5.02 Å². The second-order valence-corrected chi connectivity index (χ2v) is 5.21. The standard InChI is InChI=1S/C13H16ClFN4O/c1-8(2)6-16-7-12-18-19-13(20-12)17-11-4-3-9(14)5-10(11)15/h3-5,8,16H,6-7H2,1-2H3,(H,17,19). The molecule has 0 saturated heterocycles. The van der Waals surface area contributed by atoms with Crippen LogP contribution in [0.25, 0.3) is 0 Å². The number of aromatic nitrogens is 2. The van der Waals surface area contributed by atoms with Gasteiger partial charge in [-0.1, -0.05) is 30.5 Å². The first-order valence-electron chi connectivity index (χ1n) is 6.30. The molecule has 20 heavy (non-hydrogen) atoms. The van der Waals surface area contributed by atoms with E-state index < -0.39 is 5.82 Å². The lowest BCUT2D eigenvalue weighted by molar-refractivity contribution is 0.460. The lowest BCUT2D eigenvalue weighted by Crippen LogP contribution is -2.19. The van der Waals surface area contributed by atoms with Crippen LogP contribution in [0.5, 0.6) is 0 Å². The summed E-state index contributed by atoms with van der Waals surface area (Å²) in [7, 11) is 0. The van der Waals surface area contributed by atoms with E-state index in [2.05, 4.69) is 34.7 Å². The molecule has 0 spiro atoms. The molecule has 1 heterocycles. The van der Waals surface area contributed by atoms with Gasteiger partial charge in [-0.25, -0.2) is 4.39 Å². The number of nitrogens with zero attached hydrogens (tertiary/aromatic N) is 2. The zero-order chi connectivity index (χ0) is 14.5. The topological polar surface area (TPSA) is 63.0 Å². The molecule has 108 valence electrons. The zero-order valence-electron chi connectivity index (χ0n) is 11.3. The van der Waals surface area contributed by atoms with Gasteiger partial charge in [-0.3, -0.25) is 0 Å². The molecule has 0 aliphatic heterocycles. The number of hydrogen-bond acceptors (Lipinski definition) is 5. The lowest BCUT2D eigenvalue weighted by Gasteiger charge is -2.04. The van der Waals surface area contributed by atoms with E-state index in [1.165, 1.54) is 12.1 Å². The van der Waals surface area contributed by atoms with Crippen LogP contribution in [0, 0.1) is 11.7 Å². The Balaban J connectivity index is 1.95. The van der Waals surface area contributed by atoms with Crippen molar-refractivity contribution in [2.45, 2.75) is 20.4 Å². The van der Waals surface area contributed by atoms with Crippen LogP contribution < -0.4 is 10.6 Å². The molecular weight excluding hydrogens is 283 g/mol. The summed E-state index contributed by atoms with van der Waals surface area (Å²) in [5, 5.41) is 13.9. The van der Waals surface area contributed by atoms with E-state index in [4.69, 9.17) is 16.0 Å². The van der Waals surface area contributed by atoms with E-state index in [1.807, 2.05) is 0 Å². The van der Waals surface area contributed by atoms with Gasteiger partial charge in [0.1, 0.15) is 5.82 Å². The number of nitrogens with one attached hydrogen (secondary N) is 2. The van der Waals surface area contributed by atoms with Gasteiger partial charge in [-0.15, -0.1) is 5.10 Å². The van der Waals surface area contributed by atoms with Gasteiger partial charge >= 0.3 is 6.01 Å². The first kappa shape index (κ1) is 14.7. The molecule has 5 nitrogen and oxygen atoms in total. The Morgan fingerprint density at radius 2 is 2.15 bits per heavy atom. The van der Waals surface area contributed by atoms with Crippen LogP contribution in [-0.2, 0) is 6.54 Å². The third-order valence-electron chi connectivity index (χ3n) is 2.47. The van der Waals surface area contributed by atoms with Crippen LogP contribution in [-0.4, -0.2) is 16.7 Å². The molecule has 1 aromatic carbocycles. The van der Waals surface area contributed by atoms with Crippen LogP contribution in [0.4, 0.5) is 16.1 Å². The largest absolute Gasteiger partial charge is 0.406 e. The van der Waals surface area contributed by atoms with Gasteiger partial charge in [0.25, 0.3) is 0 Å². The predicted molar refractivity (Wildman–Crippen MR) is 75.5 cm³/mol. The highest BCUT2D eigenvalue weighted by Gasteiger charge is 2.09. The fourth-order valence-electron chi connectivity index (χ4n) is 1.55. The molecule has 2 aromatic rings. The summed E-state index contributed by atoms with van der Waals surface area (Å²) in [4.78, 5) is 0. The van der Waals surface area contributed by atoms with Crippen molar-refractivity contribution in [1.82, 2.24) is 15.5 Å². The number of rotatable bonds is 6. The number of benzene rings is 1. The zero-order valence-corrected chi connectivity index (χ0v) is 12.0. The second kappa shape index (κ2) is 6.67. The molecule has 0 unspecified atom stereocenters. The lowest BCUT2D eigenvalue weighted by atomic mass is 10.2. The monoisotopic (exact) mass is 298 g/mol. The number of hydrogen-bond donors (Lipinski definition) is 2. The van der Waals surface area contributed by atoms with Crippen molar-refractivity contribution < 1.29 is 8.81 Å². The maximum absolute atomic E-state index is 13.6. The van der Waals surface area contributed by atoms with Crippen LogP contribution in [0.15, 0.2) is 22.6 Å². The highest BCUT2D eigenvalue weighted by Crippen LogP contribution is 2.22. The smallest absolute Gasteiger partial charge is 0.320 e. The van der Waals surface area contributed by atoms with Gasteiger partial charge in [0, 0.05) is 5.02 Å². The molecule has 0 amide bonds. The molecule has 0 aliphatic rings. The van der Waals surface area contributed by atoms with Gasteiger partial charge in [0.15, 0.2) is 0 Å². The second-order valence-electron chi connectivity index (χ2n) is 4.77. The summed E-state index contributed by atoms with van der Waals surface area (Å²) in [6, 6.07) is 4.45. The van der Waals surface area contributed by atoms with Crippen LogP contribution in [0.1, 0.15) is 19.7 Å². The van der Waals surface area contributed by atoms with Crippen molar-refractivity contribution in [2.75, 3.05) is 11.9 Å². The predicted octanol–water partition coefficient (Wildman–Crippen LogP) is 3.35. The Bertz CT molecular complexity index is 573. The Morgan fingerprint density at radius 1 is 1.35 bits per heavy atom. The fourth-order valence-corrected chi connectivity index (χ4v) is 1.71. The van der Waals surface area contributed by atoms with E-state index in [0.717, 1.165) is 6.54 Å².